The molecule has 0 radical (unpaired) electrons. The third-order valence-electron chi connectivity index (χ3n) is 5.12. The summed E-state index contributed by atoms with van der Waals surface area (Å²) < 4.78 is 7.57. The lowest BCUT2D eigenvalue weighted by Crippen LogP contribution is -2.49. The molecule has 7 nitrogen and oxygen atoms in total. The van der Waals surface area contributed by atoms with Gasteiger partial charge in [0.05, 0.1) is 43.4 Å². The summed E-state index contributed by atoms with van der Waals surface area (Å²) in [5, 5.41) is 13.4. The van der Waals surface area contributed by atoms with Crippen molar-refractivity contribution in [1.82, 2.24) is 14.5 Å². The van der Waals surface area contributed by atoms with Crippen LogP contribution in [0.5, 0.6) is 5.75 Å². The third kappa shape index (κ3) is 3.46. The van der Waals surface area contributed by atoms with E-state index in [4.69, 9.17) is 14.8 Å². The van der Waals surface area contributed by atoms with E-state index in [-0.39, 0.29) is 6.04 Å². The highest BCUT2D eigenvalue weighted by molar-refractivity contribution is 6.02. The van der Waals surface area contributed by atoms with Crippen LogP contribution < -0.4 is 4.74 Å². The minimum Gasteiger partial charge on any atom is -0.495 e. The van der Waals surface area contributed by atoms with Crippen LogP contribution in [0.2, 0.25) is 0 Å². The highest BCUT2D eigenvalue weighted by Gasteiger charge is 2.31. The largest absolute Gasteiger partial charge is 0.495 e. The van der Waals surface area contributed by atoms with Gasteiger partial charge in [0.1, 0.15) is 12.4 Å². The number of hydrogen-bond acceptors (Lipinski definition) is 6. The summed E-state index contributed by atoms with van der Waals surface area (Å²) in [5.74, 6) is 1.63. The summed E-state index contributed by atoms with van der Waals surface area (Å²) in [6, 6.07) is 8.44. The van der Waals surface area contributed by atoms with Crippen molar-refractivity contribution in [2.75, 3.05) is 20.3 Å². The number of ether oxygens (including phenoxy) is 1. The molecule has 2 aromatic rings. The molecule has 0 spiro atoms. The Morgan fingerprint density at radius 2 is 2.32 bits per heavy atom. The number of hydrogen-bond donors (Lipinski definition) is 0. The molecule has 144 valence electrons. The van der Waals surface area contributed by atoms with Crippen LogP contribution in [-0.4, -0.2) is 46.6 Å². The molecule has 0 unspecified atom stereocenters. The first-order valence-electron chi connectivity index (χ1n) is 9.43. The number of oxime groups is 1. The van der Waals surface area contributed by atoms with Gasteiger partial charge in [0.2, 0.25) is 0 Å². The highest BCUT2D eigenvalue weighted by atomic mass is 16.6. The van der Waals surface area contributed by atoms with Gasteiger partial charge in [-0.3, -0.25) is 0 Å². The van der Waals surface area contributed by atoms with Gasteiger partial charge >= 0.3 is 0 Å². The van der Waals surface area contributed by atoms with Crippen LogP contribution in [0.25, 0.3) is 11.8 Å². The standard InChI is InChI=1S/C21H23N5O2/c1-15-12-25(14-23-15)19-6-5-16(11-20(19)27-2)10-17-4-3-9-26-18(7-8-22)13-28-24-21(17)26/h5-6,10-12,14,18H,3-4,7,9,13H2,1-2H3/t18-/m0/s1. The molecule has 1 saturated heterocycles. The van der Waals surface area contributed by atoms with Crippen molar-refractivity contribution in [1.29, 1.82) is 5.26 Å². The molecule has 0 aliphatic carbocycles. The molecule has 0 bridgehead atoms. The summed E-state index contributed by atoms with van der Waals surface area (Å²) >= 11 is 0. The SMILES string of the molecule is COc1cc(C=C2CCCN3C2=NOC[C@@H]3CC#N)ccc1-n1cnc(C)c1. The van der Waals surface area contributed by atoms with E-state index in [9.17, 15) is 0 Å². The lowest BCUT2D eigenvalue weighted by molar-refractivity contribution is 0.0596. The van der Waals surface area contributed by atoms with Gasteiger partial charge in [-0.05, 0) is 49.1 Å². The van der Waals surface area contributed by atoms with Crippen molar-refractivity contribution < 1.29 is 9.57 Å². The predicted molar refractivity (Wildman–Crippen MR) is 106 cm³/mol. The van der Waals surface area contributed by atoms with Crippen LogP contribution in [-0.2, 0) is 4.84 Å². The van der Waals surface area contributed by atoms with Crippen LogP contribution in [0.15, 0.2) is 41.5 Å². The van der Waals surface area contributed by atoms with Gasteiger partial charge in [0, 0.05) is 12.7 Å². The second-order valence-electron chi connectivity index (χ2n) is 7.05. The van der Waals surface area contributed by atoms with Crippen LogP contribution in [0, 0.1) is 18.3 Å². The van der Waals surface area contributed by atoms with Gasteiger partial charge in [-0.1, -0.05) is 11.2 Å². The summed E-state index contributed by atoms with van der Waals surface area (Å²) in [7, 11) is 1.67. The van der Waals surface area contributed by atoms with Gasteiger partial charge in [-0.15, -0.1) is 0 Å². The lowest BCUT2D eigenvalue weighted by Gasteiger charge is -2.39. The number of fused-ring (bicyclic) bond motifs is 1. The van der Waals surface area contributed by atoms with E-state index < -0.39 is 0 Å². The molecule has 1 fully saturated rings. The summed E-state index contributed by atoms with van der Waals surface area (Å²) in [6.45, 7) is 3.34. The molecule has 1 aromatic carbocycles. The molecule has 7 heteroatoms. The van der Waals surface area contributed by atoms with Crippen LogP contribution in [0.4, 0.5) is 0 Å². The van der Waals surface area contributed by atoms with Crippen molar-refractivity contribution >= 4 is 11.9 Å². The Labute approximate surface area is 164 Å². The molecule has 1 aromatic heterocycles. The Morgan fingerprint density at radius 3 is 3.07 bits per heavy atom. The number of nitriles is 1. The zero-order valence-corrected chi connectivity index (χ0v) is 16.1. The Kier molecular flexibility index (Phi) is 5.02. The number of piperidine rings is 1. The van der Waals surface area contributed by atoms with Gasteiger partial charge < -0.3 is 19.0 Å². The normalized spacial score (nSPS) is 20.2. The fourth-order valence-electron chi connectivity index (χ4n) is 3.75. The number of aryl methyl sites for hydroxylation is 1. The maximum Gasteiger partial charge on any atom is 0.171 e. The van der Waals surface area contributed by atoms with E-state index in [2.05, 4.69) is 33.3 Å². The number of rotatable bonds is 4. The van der Waals surface area contributed by atoms with Crippen molar-refractivity contribution in [3.05, 3.63) is 47.6 Å². The van der Waals surface area contributed by atoms with Gasteiger partial charge in [-0.25, -0.2) is 4.98 Å². The Bertz CT molecular complexity index is 969. The Hall–Kier alpha value is -3.27. The fourth-order valence-corrected chi connectivity index (χ4v) is 3.75. The van der Waals surface area contributed by atoms with Gasteiger partial charge in [0.25, 0.3) is 0 Å². The number of aromatic nitrogens is 2. The van der Waals surface area contributed by atoms with E-state index >= 15 is 0 Å². The second kappa shape index (κ2) is 7.77. The first-order valence-corrected chi connectivity index (χ1v) is 9.43. The zero-order chi connectivity index (χ0) is 19.5. The smallest absolute Gasteiger partial charge is 0.171 e. The third-order valence-corrected chi connectivity index (χ3v) is 5.12. The van der Waals surface area contributed by atoms with Crippen LogP contribution in [0.3, 0.4) is 0 Å². The molecular formula is C21H23N5O2. The van der Waals surface area contributed by atoms with E-state index in [1.54, 1.807) is 13.4 Å². The van der Waals surface area contributed by atoms with E-state index in [0.29, 0.717) is 13.0 Å². The molecule has 0 amide bonds. The maximum absolute atomic E-state index is 9.08. The Morgan fingerprint density at radius 1 is 1.43 bits per heavy atom. The molecule has 2 aliphatic rings. The number of imidazole rings is 1. The number of amidine groups is 1. The quantitative estimate of drug-likeness (QED) is 0.817. The van der Waals surface area contributed by atoms with E-state index in [0.717, 1.165) is 53.5 Å². The minimum atomic E-state index is 0.0718. The molecule has 0 N–H and O–H groups in total. The first kappa shape index (κ1) is 18.1. The summed E-state index contributed by atoms with van der Waals surface area (Å²) in [6.07, 6.45) is 8.30. The predicted octanol–water partition coefficient (Wildman–Crippen LogP) is 3.29. The lowest BCUT2D eigenvalue weighted by atomic mass is 9.97. The fraction of sp³-hybridized carbons (Fsp3) is 0.381. The number of nitrogens with zero attached hydrogens (tertiary/aromatic N) is 5. The molecule has 1 atom stereocenters. The zero-order valence-electron chi connectivity index (χ0n) is 16.1. The van der Waals surface area contributed by atoms with Crippen molar-refractivity contribution in [2.45, 2.75) is 32.2 Å². The second-order valence-corrected chi connectivity index (χ2v) is 7.05. The minimum absolute atomic E-state index is 0.0718. The van der Waals surface area contributed by atoms with Crippen molar-refractivity contribution in [3.63, 3.8) is 0 Å². The van der Waals surface area contributed by atoms with Crippen molar-refractivity contribution in [3.8, 4) is 17.5 Å². The molecule has 2 aliphatic heterocycles. The summed E-state index contributed by atoms with van der Waals surface area (Å²) in [4.78, 5) is 11.9. The molecule has 3 heterocycles. The monoisotopic (exact) mass is 377 g/mol. The number of methoxy groups -OCH3 is 1. The van der Waals surface area contributed by atoms with Crippen molar-refractivity contribution in [2.24, 2.45) is 5.16 Å². The molecule has 0 saturated carbocycles. The highest BCUT2D eigenvalue weighted by Crippen LogP contribution is 2.29. The van der Waals surface area contributed by atoms with E-state index in [1.165, 1.54) is 0 Å². The van der Waals surface area contributed by atoms with E-state index in [1.807, 2.05) is 29.8 Å². The maximum atomic E-state index is 9.08. The average Bonchev–Trinajstić information content (AvgIpc) is 3.15. The molecular weight excluding hydrogens is 354 g/mol. The van der Waals surface area contributed by atoms with Gasteiger partial charge in [-0.2, -0.15) is 5.26 Å². The molecule has 4 rings (SSSR count). The first-order chi connectivity index (χ1) is 13.7. The summed E-state index contributed by atoms with van der Waals surface area (Å²) in [5.41, 5.74) is 4.07. The van der Waals surface area contributed by atoms with Crippen LogP contribution >= 0.6 is 0 Å². The number of benzene rings is 1. The molecule has 28 heavy (non-hydrogen) atoms. The van der Waals surface area contributed by atoms with Crippen LogP contribution in [0.1, 0.15) is 30.5 Å². The van der Waals surface area contributed by atoms with Gasteiger partial charge in [0.15, 0.2) is 5.84 Å². The topological polar surface area (TPSA) is 75.7 Å². The average molecular weight is 377 g/mol. The Balaban J connectivity index is 1.65.